The smallest absolute Gasteiger partial charge is 0.183 e. The lowest BCUT2D eigenvalue weighted by atomic mass is 10.4. The minimum Gasteiger partial charge on any atom is -0.494 e. The largest absolute Gasteiger partial charge is 0.494 e. The lowest BCUT2D eigenvalue weighted by molar-refractivity contribution is 0.308. The highest BCUT2D eigenvalue weighted by Gasteiger charge is 2.04. The van der Waals surface area contributed by atoms with Crippen molar-refractivity contribution in [1.29, 1.82) is 0 Å². The monoisotopic (exact) mass is 178 g/mol. The van der Waals surface area contributed by atoms with Crippen molar-refractivity contribution in [2.75, 3.05) is 7.11 Å². The quantitative estimate of drug-likeness (QED) is 0.667. The van der Waals surface area contributed by atoms with E-state index in [0.29, 0.717) is 17.3 Å². The number of nitrogens with zero attached hydrogens (tertiary/aromatic N) is 4. The molecule has 0 atom stereocenters. The Bertz CT molecular complexity index is 370. The van der Waals surface area contributed by atoms with E-state index in [0.717, 1.165) is 0 Å². The second-order valence-electron chi connectivity index (χ2n) is 2.24. The fourth-order valence-electron chi connectivity index (χ4n) is 0.817. The highest BCUT2D eigenvalue weighted by Crippen LogP contribution is 2.12. The van der Waals surface area contributed by atoms with Gasteiger partial charge in [-0.1, -0.05) is 5.16 Å². The minimum absolute atomic E-state index is 0.460. The maximum absolute atomic E-state index is 4.90. The van der Waals surface area contributed by atoms with Crippen LogP contribution in [0.15, 0.2) is 23.2 Å². The predicted octanol–water partition coefficient (Wildman–Crippen LogP) is 0.535. The third kappa shape index (κ3) is 1.46. The molecule has 0 amide bonds. The number of aromatic nitrogens is 4. The lowest BCUT2D eigenvalue weighted by Gasteiger charge is -1.97. The van der Waals surface area contributed by atoms with E-state index < -0.39 is 0 Å². The van der Waals surface area contributed by atoms with Crippen molar-refractivity contribution in [2.45, 2.75) is 0 Å². The molecule has 13 heavy (non-hydrogen) atoms. The third-order valence-corrected chi connectivity index (χ3v) is 1.45. The SMILES string of the molecule is COc1cnc(-c2cnon2)nc1. The van der Waals surface area contributed by atoms with Crippen molar-refractivity contribution in [2.24, 2.45) is 0 Å². The van der Waals surface area contributed by atoms with Crippen LogP contribution in [0.1, 0.15) is 0 Å². The molecule has 2 heterocycles. The number of rotatable bonds is 2. The topological polar surface area (TPSA) is 73.9 Å². The Labute approximate surface area is 73.5 Å². The summed E-state index contributed by atoms with van der Waals surface area (Å²) < 4.78 is 9.32. The van der Waals surface area contributed by atoms with Crippen LogP contribution in [0.4, 0.5) is 0 Å². The van der Waals surface area contributed by atoms with Crippen LogP contribution in [0.5, 0.6) is 5.75 Å². The normalized spacial score (nSPS) is 9.92. The molecule has 0 aliphatic heterocycles. The van der Waals surface area contributed by atoms with Crippen LogP contribution in [-0.4, -0.2) is 27.4 Å². The molecule has 0 aliphatic carbocycles. The Morgan fingerprint density at radius 1 is 1.23 bits per heavy atom. The first kappa shape index (κ1) is 7.66. The number of methoxy groups -OCH3 is 1. The number of hydrogen-bond donors (Lipinski definition) is 0. The Kier molecular flexibility index (Phi) is 1.87. The molecular weight excluding hydrogens is 172 g/mol. The zero-order chi connectivity index (χ0) is 9.10. The Hall–Kier alpha value is -1.98. The highest BCUT2D eigenvalue weighted by atomic mass is 16.6. The minimum atomic E-state index is 0.460. The molecule has 0 N–H and O–H groups in total. The molecule has 0 saturated heterocycles. The molecule has 0 unspecified atom stereocenters. The maximum atomic E-state index is 4.90. The van der Waals surface area contributed by atoms with Gasteiger partial charge in [-0.3, -0.25) is 0 Å². The molecule has 0 aromatic carbocycles. The zero-order valence-electron chi connectivity index (χ0n) is 6.84. The van der Waals surface area contributed by atoms with E-state index in [1.165, 1.54) is 6.20 Å². The van der Waals surface area contributed by atoms with Crippen LogP contribution in [-0.2, 0) is 0 Å². The van der Waals surface area contributed by atoms with Gasteiger partial charge < -0.3 is 4.74 Å². The van der Waals surface area contributed by atoms with Crippen LogP contribution in [0.2, 0.25) is 0 Å². The van der Waals surface area contributed by atoms with E-state index in [9.17, 15) is 0 Å². The Balaban J connectivity index is 2.33. The molecule has 0 bridgehead atoms. The van der Waals surface area contributed by atoms with Gasteiger partial charge in [0.25, 0.3) is 0 Å². The van der Waals surface area contributed by atoms with E-state index in [1.54, 1.807) is 19.5 Å². The fraction of sp³-hybridized carbons (Fsp3) is 0.143. The summed E-state index contributed by atoms with van der Waals surface area (Å²) >= 11 is 0. The lowest BCUT2D eigenvalue weighted by Crippen LogP contribution is -1.90. The molecule has 2 aromatic rings. The van der Waals surface area contributed by atoms with Crippen LogP contribution in [0.25, 0.3) is 11.5 Å². The average Bonchev–Trinajstić information content (AvgIpc) is 2.71. The fourth-order valence-corrected chi connectivity index (χ4v) is 0.817. The van der Waals surface area contributed by atoms with Crippen LogP contribution < -0.4 is 4.74 Å². The summed E-state index contributed by atoms with van der Waals surface area (Å²) in [5.41, 5.74) is 0.502. The summed E-state index contributed by atoms with van der Waals surface area (Å²) in [5.74, 6) is 1.06. The molecule has 0 spiro atoms. The molecular formula is C7H6N4O2. The Morgan fingerprint density at radius 2 is 2.00 bits per heavy atom. The Morgan fingerprint density at radius 3 is 2.54 bits per heavy atom. The maximum Gasteiger partial charge on any atom is 0.183 e. The van der Waals surface area contributed by atoms with E-state index in [4.69, 9.17) is 4.74 Å². The van der Waals surface area contributed by atoms with Gasteiger partial charge in [0, 0.05) is 0 Å². The van der Waals surface area contributed by atoms with Gasteiger partial charge in [-0.15, -0.1) is 0 Å². The van der Waals surface area contributed by atoms with Crippen molar-refractivity contribution in [3.63, 3.8) is 0 Å². The standard InChI is InChI=1S/C7H6N4O2/c1-12-5-2-8-7(9-3-5)6-4-10-13-11-6/h2-4H,1H3. The van der Waals surface area contributed by atoms with Crippen molar-refractivity contribution >= 4 is 0 Å². The van der Waals surface area contributed by atoms with Crippen molar-refractivity contribution in [3.05, 3.63) is 18.6 Å². The second-order valence-corrected chi connectivity index (χ2v) is 2.24. The zero-order valence-corrected chi connectivity index (χ0v) is 6.84. The van der Waals surface area contributed by atoms with Crippen LogP contribution in [0.3, 0.4) is 0 Å². The molecule has 6 nitrogen and oxygen atoms in total. The van der Waals surface area contributed by atoms with Gasteiger partial charge in [0.1, 0.15) is 6.20 Å². The molecule has 2 rings (SSSR count). The third-order valence-electron chi connectivity index (χ3n) is 1.45. The molecule has 0 aliphatic rings. The van der Waals surface area contributed by atoms with Gasteiger partial charge in [-0.25, -0.2) is 14.6 Å². The van der Waals surface area contributed by atoms with Crippen molar-refractivity contribution in [3.8, 4) is 17.3 Å². The molecule has 6 heteroatoms. The second kappa shape index (κ2) is 3.18. The first-order valence-corrected chi connectivity index (χ1v) is 3.54. The first-order valence-electron chi connectivity index (χ1n) is 3.54. The van der Waals surface area contributed by atoms with Crippen molar-refractivity contribution in [1.82, 2.24) is 20.3 Å². The molecule has 0 fully saturated rings. The van der Waals surface area contributed by atoms with Gasteiger partial charge in [0.05, 0.1) is 19.5 Å². The highest BCUT2D eigenvalue weighted by molar-refractivity contribution is 5.45. The van der Waals surface area contributed by atoms with Crippen molar-refractivity contribution < 1.29 is 9.37 Å². The molecule has 0 radical (unpaired) electrons. The summed E-state index contributed by atoms with van der Waals surface area (Å²) in [7, 11) is 1.55. The summed E-state index contributed by atoms with van der Waals surface area (Å²) in [6.45, 7) is 0. The molecule has 2 aromatic heterocycles. The summed E-state index contributed by atoms with van der Waals surface area (Å²) in [6, 6.07) is 0. The van der Waals surface area contributed by atoms with Gasteiger partial charge in [-0.2, -0.15) is 0 Å². The van der Waals surface area contributed by atoms with Gasteiger partial charge in [0.15, 0.2) is 17.3 Å². The number of hydrogen-bond acceptors (Lipinski definition) is 6. The van der Waals surface area contributed by atoms with Crippen LogP contribution in [0, 0.1) is 0 Å². The predicted molar refractivity (Wildman–Crippen MR) is 41.9 cm³/mol. The van der Waals surface area contributed by atoms with E-state index in [2.05, 4.69) is 24.9 Å². The number of ether oxygens (including phenoxy) is 1. The van der Waals surface area contributed by atoms with E-state index in [-0.39, 0.29) is 0 Å². The van der Waals surface area contributed by atoms with E-state index in [1.807, 2.05) is 0 Å². The molecule has 0 saturated carbocycles. The average molecular weight is 178 g/mol. The first-order chi connectivity index (χ1) is 6.40. The van der Waals surface area contributed by atoms with Gasteiger partial charge >= 0.3 is 0 Å². The van der Waals surface area contributed by atoms with E-state index >= 15 is 0 Å². The summed E-state index contributed by atoms with van der Waals surface area (Å²) in [5, 5.41) is 7.03. The summed E-state index contributed by atoms with van der Waals surface area (Å²) in [4.78, 5) is 7.99. The molecule has 66 valence electrons. The van der Waals surface area contributed by atoms with Crippen LogP contribution >= 0.6 is 0 Å². The summed E-state index contributed by atoms with van der Waals surface area (Å²) in [6.07, 6.45) is 4.55. The van der Waals surface area contributed by atoms with Gasteiger partial charge in [-0.05, 0) is 5.16 Å². The van der Waals surface area contributed by atoms with Gasteiger partial charge in [0.2, 0.25) is 0 Å².